The highest BCUT2D eigenvalue weighted by Gasteiger charge is 2.59. The first-order valence-electron chi connectivity index (χ1n) is 7.41. The number of piperidine rings is 1. The molecule has 1 aliphatic carbocycles. The first-order valence-corrected chi connectivity index (χ1v) is 7.41. The lowest BCUT2D eigenvalue weighted by molar-refractivity contribution is -0.157. The Morgan fingerprint density at radius 1 is 0.950 bits per heavy atom. The molecule has 0 radical (unpaired) electrons. The van der Waals surface area contributed by atoms with Gasteiger partial charge in [0.15, 0.2) is 0 Å². The summed E-state index contributed by atoms with van der Waals surface area (Å²) in [6, 6.07) is 0. The SMILES string of the molecule is CC1(CO)CC(=O)C2(CC(C)(C)NC(C)(C)C2)C(=O)C1. The van der Waals surface area contributed by atoms with Gasteiger partial charge in [-0.3, -0.25) is 9.59 Å². The van der Waals surface area contributed by atoms with Crippen molar-refractivity contribution in [3.05, 3.63) is 0 Å². The first-order chi connectivity index (χ1) is 8.94. The maximum absolute atomic E-state index is 12.8. The summed E-state index contributed by atoms with van der Waals surface area (Å²) >= 11 is 0. The number of ketones is 2. The van der Waals surface area contributed by atoms with Crippen molar-refractivity contribution in [1.29, 1.82) is 0 Å². The number of Topliss-reactive ketones (excluding diaryl/α,β-unsaturated/α-hetero) is 2. The molecule has 0 aromatic heterocycles. The summed E-state index contributed by atoms with van der Waals surface area (Å²) in [5.74, 6) is 0.0425. The summed E-state index contributed by atoms with van der Waals surface area (Å²) in [5.41, 5.74) is -1.90. The fourth-order valence-corrected chi connectivity index (χ4v) is 4.41. The molecule has 20 heavy (non-hydrogen) atoms. The normalized spacial score (nSPS) is 30.5. The van der Waals surface area contributed by atoms with Crippen LogP contribution < -0.4 is 5.32 Å². The molecule has 2 rings (SSSR count). The molecule has 0 aromatic rings. The number of aliphatic hydroxyl groups excluding tert-OH is 1. The topological polar surface area (TPSA) is 66.4 Å². The van der Waals surface area contributed by atoms with Crippen LogP contribution in [-0.2, 0) is 9.59 Å². The van der Waals surface area contributed by atoms with Gasteiger partial charge in [-0.15, -0.1) is 0 Å². The minimum atomic E-state index is -0.854. The zero-order valence-electron chi connectivity index (χ0n) is 13.3. The van der Waals surface area contributed by atoms with Gasteiger partial charge in [-0.1, -0.05) is 6.92 Å². The molecule has 1 saturated carbocycles. The van der Waals surface area contributed by atoms with Gasteiger partial charge >= 0.3 is 0 Å². The summed E-state index contributed by atoms with van der Waals surface area (Å²) < 4.78 is 0. The average molecular weight is 281 g/mol. The van der Waals surface area contributed by atoms with Crippen LogP contribution in [0, 0.1) is 10.8 Å². The van der Waals surface area contributed by atoms with Crippen LogP contribution in [-0.4, -0.2) is 34.4 Å². The summed E-state index contributed by atoms with van der Waals surface area (Å²) in [6.07, 6.45) is 1.73. The predicted molar refractivity (Wildman–Crippen MR) is 77.4 cm³/mol. The van der Waals surface area contributed by atoms with Gasteiger partial charge in [0.25, 0.3) is 0 Å². The summed E-state index contributed by atoms with van der Waals surface area (Å²) in [5, 5.41) is 13.0. The first kappa shape index (κ1) is 15.6. The molecule has 0 aromatic carbocycles. The van der Waals surface area contributed by atoms with E-state index < -0.39 is 10.8 Å². The monoisotopic (exact) mass is 281 g/mol. The van der Waals surface area contributed by atoms with Crippen LogP contribution in [0.1, 0.15) is 60.3 Å². The van der Waals surface area contributed by atoms with E-state index in [2.05, 4.69) is 33.0 Å². The van der Waals surface area contributed by atoms with Gasteiger partial charge in [-0.25, -0.2) is 0 Å². The Balaban J connectivity index is 2.39. The highest BCUT2D eigenvalue weighted by molar-refractivity contribution is 6.10. The smallest absolute Gasteiger partial charge is 0.147 e. The van der Waals surface area contributed by atoms with E-state index in [4.69, 9.17) is 0 Å². The highest BCUT2D eigenvalue weighted by atomic mass is 16.3. The minimum absolute atomic E-state index is 0.0213. The van der Waals surface area contributed by atoms with Gasteiger partial charge < -0.3 is 10.4 Å². The number of nitrogens with one attached hydrogen (secondary N) is 1. The molecule has 4 heteroatoms. The van der Waals surface area contributed by atoms with Crippen LogP contribution >= 0.6 is 0 Å². The van der Waals surface area contributed by atoms with E-state index in [-0.39, 0.29) is 29.3 Å². The van der Waals surface area contributed by atoms with Crippen LogP contribution in [0.25, 0.3) is 0 Å². The maximum Gasteiger partial charge on any atom is 0.147 e. The van der Waals surface area contributed by atoms with Gasteiger partial charge in [0.1, 0.15) is 11.6 Å². The van der Waals surface area contributed by atoms with Crippen molar-refractivity contribution in [2.24, 2.45) is 10.8 Å². The van der Waals surface area contributed by atoms with Gasteiger partial charge in [-0.2, -0.15) is 0 Å². The minimum Gasteiger partial charge on any atom is -0.396 e. The summed E-state index contributed by atoms with van der Waals surface area (Å²) in [4.78, 5) is 25.5. The van der Waals surface area contributed by atoms with Crippen molar-refractivity contribution in [1.82, 2.24) is 5.32 Å². The third-order valence-electron chi connectivity index (χ3n) is 4.79. The van der Waals surface area contributed by atoms with Gasteiger partial charge in [0.2, 0.25) is 0 Å². The molecule has 1 spiro atoms. The molecule has 2 N–H and O–H groups in total. The fourth-order valence-electron chi connectivity index (χ4n) is 4.41. The van der Waals surface area contributed by atoms with Crippen LogP contribution in [0.15, 0.2) is 0 Å². The largest absolute Gasteiger partial charge is 0.396 e. The van der Waals surface area contributed by atoms with Crippen molar-refractivity contribution < 1.29 is 14.7 Å². The molecular weight excluding hydrogens is 254 g/mol. The molecule has 4 nitrogen and oxygen atoms in total. The molecule has 1 aliphatic heterocycles. The zero-order valence-corrected chi connectivity index (χ0v) is 13.3. The van der Waals surface area contributed by atoms with Gasteiger partial charge in [-0.05, 0) is 40.5 Å². The van der Waals surface area contributed by atoms with E-state index in [9.17, 15) is 14.7 Å². The highest BCUT2D eigenvalue weighted by Crippen LogP contribution is 2.50. The Bertz CT molecular complexity index is 415. The molecule has 0 amide bonds. The molecule has 0 atom stereocenters. The van der Waals surface area contributed by atoms with E-state index in [1.807, 2.05) is 6.92 Å². The maximum atomic E-state index is 12.8. The van der Waals surface area contributed by atoms with Crippen molar-refractivity contribution in [3.8, 4) is 0 Å². The summed E-state index contributed by atoms with van der Waals surface area (Å²) in [7, 11) is 0. The summed E-state index contributed by atoms with van der Waals surface area (Å²) in [6.45, 7) is 9.93. The van der Waals surface area contributed by atoms with E-state index in [0.29, 0.717) is 25.7 Å². The number of hydrogen-bond acceptors (Lipinski definition) is 4. The van der Waals surface area contributed by atoms with E-state index in [1.165, 1.54) is 0 Å². The zero-order chi connectivity index (χ0) is 15.4. The van der Waals surface area contributed by atoms with E-state index >= 15 is 0 Å². The standard InChI is InChI=1S/C16H27NO3/c1-13(2)8-16(9-14(3,4)17-13)11(19)6-15(5,10-18)7-12(16)20/h17-18H,6-10H2,1-5H3. The Morgan fingerprint density at radius 2 is 1.35 bits per heavy atom. The molecule has 114 valence electrons. The van der Waals surface area contributed by atoms with Crippen LogP contribution in [0.3, 0.4) is 0 Å². The second-order valence-electron chi connectivity index (χ2n) is 8.50. The number of rotatable bonds is 1. The third kappa shape index (κ3) is 2.56. The molecule has 1 heterocycles. The van der Waals surface area contributed by atoms with Crippen molar-refractivity contribution in [3.63, 3.8) is 0 Å². The molecule has 1 saturated heterocycles. The number of hydrogen-bond donors (Lipinski definition) is 2. The second-order valence-corrected chi connectivity index (χ2v) is 8.50. The number of carbonyl (C=O) groups is 2. The molecule has 2 fully saturated rings. The Hall–Kier alpha value is -0.740. The lowest BCUT2D eigenvalue weighted by Crippen LogP contribution is -2.66. The van der Waals surface area contributed by atoms with Crippen LogP contribution in [0.5, 0.6) is 0 Å². The van der Waals surface area contributed by atoms with E-state index in [0.717, 1.165) is 0 Å². The third-order valence-corrected chi connectivity index (χ3v) is 4.79. The molecule has 0 unspecified atom stereocenters. The quantitative estimate of drug-likeness (QED) is 0.720. The van der Waals surface area contributed by atoms with Gasteiger partial charge in [0, 0.05) is 35.9 Å². The number of aliphatic hydroxyl groups is 1. The fraction of sp³-hybridized carbons (Fsp3) is 0.875. The second kappa shape index (κ2) is 4.38. The Labute approximate surface area is 121 Å². The van der Waals surface area contributed by atoms with E-state index in [1.54, 1.807) is 0 Å². The average Bonchev–Trinajstić information content (AvgIpc) is 2.22. The predicted octanol–water partition coefficient (Wildman–Crippen LogP) is 1.84. The Kier molecular flexibility index (Phi) is 3.42. The Morgan fingerprint density at radius 3 is 1.70 bits per heavy atom. The van der Waals surface area contributed by atoms with Gasteiger partial charge in [0.05, 0.1) is 5.41 Å². The van der Waals surface area contributed by atoms with Crippen molar-refractivity contribution in [2.45, 2.75) is 71.4 Å². The van der Waals surface area contributed by atoms with Crippen LogP contribution in [0.4, 0.5) is 0 Å². The van der Waals surface area contributed by atoms with Crippen molar-refractivity contribution >= 4 is 11.6 Å². The lowest BCUT2D eigenvalue weighted by Gasteiger charge is -2.54. The molecular formula is C16H27NO3. The molecule has 0 bridgehead atoms. The van der Waals surface area contributed by atoms with Crippen LogP contribution in [0.2, 0.25) is 0 Å². The number of carbonyl (C=O) groups excluding carboxylic acids is 2. The lowest BCUT2D eigenvalue weighted by atomic mass is 9.54. The van der Waals surface area contributed by atoms with Crippen molar-refractivity contribution in [2.75, 3.05) is 6.61 Å². The molecule has 2 aliphatic rings.